The van der Waals surface area contributed by atoms with Crippen LogP contribution in [0.2, 0.25) is 5.02 Å². The third-order valence-electron chi connectivity index (χ3n) is 6.04. The number of halogens is 1. The lowest BCUT2D eigenvalue weighted by Gasteiger charge is -2.15. The molecule has 4 aromatic rings. The van der Waals surface area contributed by atoms with Gasteiger partial charge >= 0.3 is 0 Å². The Kier molecular flexibility index (Phi) is 8.14. The lowest BCUT2D eigenvalue weighted by molar-refractivity contribution is 0.0956. The van der Waals surface area contributed by atoms with Gasteiger partial charge in [-0.05, 0) is 36.2 Å². The molecule has 194 valence electrons. The first-order valence-corrected chi connectivity index (χ1v) is 14.6. The first kappa shape index (κ1) is 26.6. The minimum absolute atomic E-state index is 0.0445. The van der Waals surface area contributed by atoms with Crippen molar-refractivity contribution in [3.8, 4) is 22.5 Å². The van der Waals surface area contributed by atoms with E-state index in [1.165, 1.54) is 0 Å². The zero-order valence-electron chi connectivity index (χ0n) is 20.8. The van der Waals surface area contributed by atoms with Crippen molar-refractivity contribution in [3.05, 3.63) is 81.7 Å². The van der Waals surface area contributed by atoms with Crippen LogP contribution in [0.4, 0.5) is 0 Å². The third-order valence-corrected chi connectivity index (χ3v) is 7.24. The summed E-state index contributed by atoms with van der Waals surface area (Å²) in [6, 6.07) is 15.8. The van der Waals surface area contributed by atoms with Crippen molar-refractivity contribution in [2.45, 2.75) is 32.7 Å². The number of rotatable bonds is 10. The zero-order chi connectivity index (χ0) is 26.6. The van der Waals surface area contributed by atoms with Crippen molar-refractivity contribution in [2.75, 3.05) is 18.6 Å². The molecule has 1 amide bonds. The summed E-state index contributed by atoms with van der Waals surface area (Å²) in [5.74, 6) is 0.0708. The average molecular weight is 541 g/mol. The molecule has 4 rings (SSSR count). The van der Waals surface area contributed by atoms with E-state index < -0.39 is 9.84 Å². The number of fused-ring (bicyclic) bond motifs is 1. The van der Waals surface area contributed by atoms with Crippen molar-refractivity contribution in [1.29, 1.82) is 0 Å². The van der Waals surface area contributed by atoms with Gasteiger partial charge in [-0.3, -0.25) is 14.0 Å². The van der Waals surface area contributed by atoms with Gasteiger partial charge in [-0.25, -0.2) is 13.4 Å². The number of nitrogens with one attached hydrogen (secondary N) is 1. The Labute approximate surface area is 220 Å². The molecule has 0 atom stereocenters. The number of unbranched alkanes of at least 4 members (excludes halogenated alkanes) is 2. The van der Waals surface area contributed by atoms with Crippen LogP contribution in [0, 0.1) is 0 Å². The lowest BCUT2D eigenvalue weighted by atomic mass is 10.1. The zero-order valence-corrected chi connectivity index (χ0v) is 22.3. The standard InChI is InChI=1S/C27H29ClN4O4S/c1-3-4-5-15-31-24(20-6-8-21(9-7-20)26(34)29-14-16-37(2,35)36)17-25(33)32-18-23(30-27(31)32)19-10-12-22(28)13-11-19/h6-13,17-18H,3-5,14-16H2,1-2H3,(H,29,34). The van der Waals surface area contributed by atoms with Crippen LogP contribution in [0.3, 0.4) is 0 Å². The number of carbonyl (C=O) groups is 1. The van der Waals surface area contributed by atoms with Crippen molar-refractivity contribution in [2.24, 2.45) is 0 Å². The monoisotopic (exact) mass is 540 g/mol. The van der Waals surface area contributed by atoms with Crippen LogP contribution < -0.4 is 10.9 Å². The predicted octanol–water partition coefficient (Wildman–Crippen LogP) is 4.45. The van der Waals surface area contributed by atoms with E-state index in [9.17, 15) is 18.0 Å². The summed E-state index contributed by atoms with van der Waals surface area (Å²) in [6.45, 7) is 2.86. The molecule has 37 heavy (non-hydrogen) atoms. The fraction of sp³-hybridized carbons (Fsp3) is 0.296. The Bertz CT molecular complexity index is 1570. The van der Waals surface area contributed by atoms with Gasteiger partial charge in [0.15, 0.2) is 0 Å². The van der Waals surface area contributed by atoms with E-state index in [0.29, 0.717) is 34.3 Å². The van der Waals surface area contributed by atoms with Crippen LogP contribution in [0.25, 0.3) is 28.3 Å². The fourth-order valence-electron chi connectivity index (χ4n) is 4.08. The smallest absolute Gasteiger partial charge is 0.259 e. The number of benzene rings is 2. The summed E-state index contributed by atoms with van der Waals surface area (Å²) < 4.78 is 26.2. The van der Waals surface area contributed by atoms with Crippen LogP contribution in [0.1, 0.15) is 36.5 Å². The number of imidazole rings is 1. The van der Waals surface area contributed by atoms with Crippen molar-refractivity contribution < 1.29 is 13.2 Å². The summed E-state index contributed by atoms with van der Waals surface area (Å²) in [5, 5.41) is 3.25. The highest BCUT2D eigenvalue weighted by Crippen LogP contribution is 2.25. The van der Waals surface area contributed by atoms with E-state index in [1.807, 2.05) is 16.7 Å². The van der Waals surface area contributed by atoms with Crippen LogP contribution in [0.15, 0.2) is 65.6 Å². The van der Waals surface area contributed by atoms with Gasteiger partial charge in [0.25, 0.3) is 11.5 Å². The molecule has 8 nitrogen and oxygen atoms in total. The SMILES string of the molecule is CCCCCn1c(-c2ccc(C(=O)NCCS(C)(=O)=O)cc2)cc(=O)n2cc(-c3ccc(Cl)cc3)nc12. The number of sulfone groups is 1. The molecular weight excluding hydrogens is 512 g/mol. The first-order chi connectivity index (χ1) is 17.7. The molecule has 0 radical (unpaired) electrons. The fourth-order valence-corrected chi connectivity index (χ4v) is 4.68. The molecule has 0 aliphatic heterocycles. The molecule has 1 N–H and O–H groups in total. The maximum Gasteiger partial charge on any atom is 0.259 e. The van der Waals surface area contributed by atoms with E-state index >= 15 is 0 Å². The number of carbonyl (C=O) groups excluding carboxylic acids is 1. The third kappa shape index (κ3) is 6.47. The molecule has 0 aliphatic rings. The summed E-state index contributed by atoms with van der Waals surface area (Å²) in [6.07, 6.45) is 5.88. The molecule has 2 aromatic carbocycles. The van der Waals surface area contributed by atoms with Crippen LogP contribution in [-0.4, -0.2) is 46.8 Å². The van der Waals surface area contributed by atoms with E-state index in [-0.39, 0.29) is 23.8 Å². The topological polar surface area (TPSA) is 103 Å². The highest BCUT2D eigenvalue weighted by molar-refractivity contribution is 7.90. The average Bonchev–Trinajstić information content (AvgIpc) is 3.31. The number of nitrogens with zero attached hydrogens (tertiary/aromatic N) is 3. The quantitative estimate of drug-likeness (QED) is 0.299. The maximum absolute atomic E-state index is 13.1. The van der Waals surface area contributed by atoms with Gasteiger partial charge in [0.05, 0.1) is 17.1 Å². The summed E-state index contributed by atoms with van der Waals surface area (Å²) in [4.78, 5) is 30.3. The number of aryl methyl sites for hydroxylation is 1. The molecule has 10 heteroatoms. The molecule has 0 spiro atoms. The molecule has 2 heterocycles. The molecule has 0 unspecified atom stereocenters. The first-order valence-electron chi connectivity index (χ1n) is 12.1. The van der Waals surface area contributed by atoms with Gasteiger partial charge in [-0.1, -0.05) is 55.6 Å². The van der Waals surface area contributed by atoms with E-state index in [0.717, 1.165) is 36.6 Å². The largest absolute Gasteiger partial charge is 0.351 e. The van der Waals surface area contributed by atoms with E-state index in [2.05, 4.69) is 12.2 Å². The Hall–Kier alpha value is -3.43. The molecule has 0 aliphatic carbocycles. The number of hydrogen-bond donors (Lipinski definition) is 1. The summed E-state index contributed by atoms with van der Waals surface area (Å²) >= 11 is 6.03. The van der Waals surface area contributed by atoms with Gasteiger partial charge in [0.1, 0.15) is 9.84 Å². The van der Waals surface area contributed by atoms with Crippen LogP contribution >= 0.6 is 11.6 Å². The molecule has 0 saturated carbocycles. The second-order valence-corrected chi connectivity index (χ2v) is 11.7. The maximum atomic E-state index is 13.1. The molecule has 0 fully saturated rings. The van der Waals surface area contributed by atoms with Gasteiger partial charge in [0, 0.05) is 47.8 Å². The van der Waals surface area contributed by atoms with Gasteiger partial charge in [0.2, 0.25) is 5.78 Å². The van der Waals surface area contributed by atoms with Crippen molar-refractivity contribution >= 4 is 33.1 Å². The molecular formula is C27H29ClN4O4S. The second kappa shape index (κ2) is 11.3. The van der Waals surface area contributed by atoms with E-state index in [4.69, 9.17) is 16.6 Å². The Morgan fingerprint density at radius 2 is 1.70 bits per heavy atom. The molecule has 0 saturated heterocycles. The molecule has 0 bridgehead atoms. The van der Waals surface area contributed by atoms with Gasteiger partial charge in [-0.2, -0.15) is 0 Å². The minimum Gasteiger partial charge on any atom is -0.351 e. The van der Waals surface area contributed by atoms with Gasteiger partial charge < -0.3 is 9.88 Å². The summed E-state index contributed by atoms with van der Waals surface area (Å²) in [7, 11) is -3.16. The van der Waals surface area contributed by atoms with Crippen molar-refractivity contribution in [3.63, 3.8) is 0 Å². The van der Waals surface area contributed by atoms with Gasteiger partial charge in [-0.15, -0.1) is 0 Å². The Morgan fingerprint density at radius 3 is 2.35 bits per heavy atom. The van der Waals surface area contributed by atoms with Crippen LogP contribution in [0.5, 0.6) is 0 Å². The Balaban J connectivity index is 1.70. The normalized spacial score (nSPS) is 11.6. The number of hydrogen-bond acceptors (Lipinski definition) is 5. The highest BCUT2D eigenvalue weighted by Gasteiger charge is 2.16. The minimum atomic E-state index is -3.16. The molecule has 2 aromatic heterocycles. The van der Waals surface area contributed by atoms with Crippen LogP contribution in [-0.2, 0) is 16.4 Å². The lowest BCUT2D eigenvalue weighted by Crippen LogP contribution is -2.28. The second-order valence-electron chi connectivity index (χ2n) is 8.99. The number of aromatic nitrogens is 3. The van der Waals surface area contributed by atoms with E-state index in [1.54, 1.807) is 53.1 Å². The predicted molar refractivity (Wildman–Crippen MR) is 147 cm³/mol. The van der Waals surface area contributed by atoms with Crippen molar-refractivity contribution in [1.82, 2.24) is 19.3 Å². The number of amides is 1. The highest BCUT2D eigenvalue weighted by atomic mass is 35.5. The summed E-state index contributed by atoms with van der Waals surface area (Å²) in [5.41, 5.74) is 3.23. The Morgan fingerprint density at radius 1 is 1.03 bits per heavy atom.